The van der Waals surface area contributed by atoms with Crippen LogP contribution in [0.2, 0.25) is 0 Å². The topological polar surface area (TPSA) is 25.2 Å². The minimum Gasteiger partial charge on any atom is -0.469 e. The van der Waals surface area contributed by atoms with Crippen LogP contribution in [0.25, 0.3) is 0 Å². The van der Waals surface area contributed by atoms with Crippen LogP contribution in [0.3, 0.4) is 0 Å². The molecule has 2 heteroatoms. The molecular formula is C17H23NO. The van der Waals surface area contributed by atoms with Crippen LogP contribution in [-0.4, -0.2) is 7.05 Å². The van der Waals surface area contributed by atoms with Gasteiger partial charge in [0.1, 0.15) is 5.76 Å². The van der Waals surface area contributed by atoms with Crippen molar-refractivity contribution in [2.45, 2.75) is 33.2 Å². The molecule has 0 bridgehead atoms. The quantitative estimate of drug-likeness (QED) is 0.872. The molecule has 1 N–H and O–H groups in total. The zero-order valence-electron chi connectivity index (χ0n) is 12.2. The zero-order chi connectivity index (χ0) is 13.8. The Morgan fingerprint density at radius 1 is 1.11 bits per heavy atom. The van der Waals surface area contributed by atoms with E-state index in [1.807, 2.05) is 20.0 Å². The van der Waals surface area contributed by atoms with E-state index in [0.717, 1.165) is 12.2 Å². The van der Waals surface area contributed by atoms with Crippen molar-refractivity contribution in [3.8, 4) is 0 Å². The Balaban J connectivity index is 2.22. The summed E-state index contributed by atoms with van der Waals surface area (Å²) in [6.07, 6.45) is 2.89. The molecule has 2 aromatic rings. The second kappa shape index (κ2) is 6.07. The fourth-order valence-electron chi connectivity index (χ4n) is 2.51. The molecule has 1 unspecified atom stereocenters. The highest BCUT2D eigenvalue weighted by Gasteiger charge is 2.15. The van der Waals surface area contributed by atoms with Gasteiger partial charge in [-0.2, -0.15) is 0 Å². The second-order valence-electron chi connectivity index (χ2n) is 5.49. The molecule has 0 aliphatic carbocycles. The maximum atomic E-state index is 5.41. The highest BCUT2D eigenvalue weighted by molar-refractivity contribution is 5.34. The Hall–Kier alpha value is -1.54. The number of nitrogens with one attached hydrogen (secondary N) is 1. The molecule has 1 heterocycles. The van der Waals surface area contributed by atoms with Crippen LogP contribution in [0.4, 0.5) is 0 Å². The van der Waals surface area contributed by atoms with Gasteiger partial charge in [0.05, 0.1) is 12.3 Å². The summed E-state index contributed by atoms with van der Waals surface area (Å²) in [6, 6.07) is 11.1. The zero-order valence-corrected chi connectivity index (χ0v) is 12.2. The lowest BCUT2D eigenvalue weighted by Gasteiger charge is -2.17. The molecule has 102 valence electrons. The van der Waals surface area contributed by atoms with Crippen molar-refractivity contribution in [2.75, 3.05) is 7.05 Å². The smallest absolute Gasteiger partial charge is 0.105 e. The Kier molecular flexibility index (Phi) is 4.43. The van der Waals surface area contributed by atoms with Gasteiger partial charge in [-0.15, -0.1) is 0 Å². The lowest BCUT2D eigenvalue weighted by atomic mass is 9.96. The predicted molar refractivity (Wildman–Crippen MR) is 79.3 cm³/mol. The summed E-state index contributed by atoms with van der Waals surface area (Å²) in [5, 5.41) is 3.36. The highest BCUT2D eigenvalue weighted by Crippen LogP contribution is 2.25. The number of hydrogen-bond acceptors (Lipinski definition) is 2. The predicted octanol–water partition coefficient (Wildman–Crippen LogP) is 4.10. The van der Waals surface area contributed by atoms with Crippen LogP contribution >= 0.6 is 0 Å². The molecule has 0 spiro atoms. The summed E-state index contributed by atoms with van der Waals surface area (Å²) in [5.74, 6) is 1.67. The Bertz CT molecular complexity index is 510. The number of benzene rings is 1. The van der Waals surface area contributed by atoms with E-state index in [1.165, 1.54) is 16.7 Å². The van der Waals surface area contributed by atoms with Crippen LogP contribution in [0.1, 0.15) is 42.3 Å². The fourth-order valence-corrected chi connectivity index (χ4v) is 2.51. The lowest BCUT2D eigenvalue weighted by molar-refractivity contribution is 0.523. The average Bonchev–Trinajstić information content (AvgIpc) is 2.78. The first-order valence-electron chi connectivity index (χ1n) is 6.92. The summed E-state index contributed by atoms with van der Waals surface area (Å²) in [6.45, 7) is 6.51. The summed E-state index contributed by atoms with van der Waals surface area (Å²) < 4.78 is 5.41. The molecule has 0 amide bonds. The van der Waals surface area contributed by atoms with Gasteiger partial charge in [-0.05, 0) is 43.5 Å². The molecule has 2 rings (SSSR count). The third-order valence-corrected chi connectivity index (χ3v) is 3.46. The first-order valence-corrected chi connectivity index (χ1v) is 6.92. The average molecular weight is 257 g/mol. The summed E-state index contributed by atoms with van der Waals surface area (Å²) in [4.78, 5) is 0. The van der Waals surface area contributed by atoms with Crippen molar-refractivity contribution in [2.24, 2.45) is 5.92 Å². The normalized spacial score (nSPS) is 12.9. The first-order chi connectivity index (χ1) is 9.11. The van der Waals surface area contributed by atoms with Gasteiger partial charge in [-0.25, -0.2) is 0 Å². The number of aryl methyl sites for hydroxylation is 1. The molecular weight excluding hydrogens is 234 g/mol. The Labute approximate surface area is 115 Å². The standard InChI is InChI=1S/C17H23NO/c1-12(2)11-14-5-7-15(8-6-14)17(18-4)16-9-10-19-13(16)3/h5-10,12,17-18H,11H2,1-4H3. The largest absolute Gasteiger partial charge is 0.469 e. The van der Waals surface area contributed by atoms with Crippen molar-refractivity contribution in [1.29, 1.82) is 0 Å². The molecule has 0 aliphatic heterocycles. The van der Waals surface area contributed by atoms with E-state index in [2.05, 4.69) is 43.4 Å². The molecule has 1 aromatic carbocycles. The van der Waals surface area contributed by atoms with Gasteiger partial charge in [0, 0.05) is 5.56 Å². The van der Waals surface area contributed by atoms with E-state index in [0.29, 0.717) is 5.92 Å². The fraction of sp³-hybridized carbons (Fsp3) is 0.412. The molecule has 0 aliphatic rings. The van der Waals surface area contributed by atoms with Crippen molar-refractivity contribution in [3.05, 3.63) is 59.0 Å². The van der Waals surface area contributed by atoms with Crippen molar-refractivity contribution < 1.29 is 4.42 Å². The molecule has 0 radical (unpaired) electrons. The number of rotatable bonds is 5. The van der Waals surface area contributed by atoms with E-state index >= 15 is 0 Å². The van der Waals surface area contributed by atoms with E-state index < -0.39 is 0 Å². The highest BCUT2D eigenvalue weighted by atomic mass is 16.3. The third kappa shape index (κ3) is 3.27. The SMILES string of the molecule is CNC(c1ccc(CC(C)C)cc1)c1ccoc1C. The molecule has 2 nitrogen and oxygen atoms in total. The molecule has 1 aromatic heterocycles. The Morgan fingerprint density at radius 3 is 2.26 bits per heavy atom. The van der Waals surface area contributed by atoms with Crippen LogP contribution < -0.4 is 5.32 Å². The van der Waals surface area contributed by atoms with Gasteiger partial charge >= 0.3 is 0 Å². The van der Waals surface area contributed by atoms with Gasteiger partial charge in [-0.1, -0.05) is 38.1 Å². The van der Waals surface area contributed by atoms with Crippen LogP contribution in [0.5, 0.6) is 0 Å². The molecule has 0 saturated carbocycles. The number of hydrogen-bond donors (Lipinski definition) is 1. The minimum absolute atomic E-state index is 0.201. The second-order valence-corrected chi connectivity index (χ2v) is 5.49. The van der Waals surface area contributed by atoms with Gasteiger partial charge in [0.25, 0.3) is 0 Å². The van der Waals surface area contributed by atoms with Crippen molar-refractivity contribution >= 4 is 0 Å². The van der Waals surface area contributed by atoms with Crippen LogP contribution in [-0.2, 0) is 6.42 Å². The first kappa shape index (κ1) is 13.9. The Morgan fingerprint density at radius 2 is 1.79 bits per heavy atom. The van der Waals surface area contributed by atoms with E-state index in [1.54, 1.807) is 6.26 Å². The molecule has 1 atom stereocenters. The van der Waals surface area contributed by atoms with Crippen molar-refractivity contribution in [3.63, 3.8) is 0 Å². The lowest BCUT2D eigenvalue weighted by Crippen LogP contribution is -2.17. The maximum Gasteiger partial charge on any atom is 0.105 e. The molecule has 19 heavy (non-hydrogen) atoms. The van der Waals surface area contributed by atoms with Gasteiger partial charge in [0.15, 0.2) is 0 Å². The van der Waals surface area contributed by atoms with Gasteiger partial charge in [-0.3, -0.25) is 0 Å². The maximum absolute atomic E-state index is 5.41. The van der Waals surface area contributed by atoms with Gasteiger partial charge in [0.2, 0.25) is 0 Å². The summed E-state index contributed by atoms with van der Waals surface area (Å²) >= 11 is 0. The monoisotopic (exact) mass is 257 g/mol. The van der Waals surface area contributed by atoms with Gasteiger partial charge < -0.3 is 9.73 Å². The molecule has 0 saturated heterocycles. The summed E-state index contributed by atoms with van der Waals surface area (Å²) in [7, 11) is 1.99. The van der Waals surface area contributed by atoms with Crippen LogP contribution in [0, 0.1) is 12.8 Å². The third-order valence-electron chi connectivity index (χ3n) is 3.46. The minimum atomic E-state index is 0.201. The van der Waals surface area contributed by atoms with Crippen molar-refractivity contribution in [1.82, 2.24) is 5.32 Å². The van der Waals surface area contributed by atoms with E-state index in [-0.39, 0.29) is 6.04 Å². The molecule has 0 fully saturated rings. The summed E-state index contributed by atoms with van der Waals surface area (Å²) in [5.41, 5.74) is 3.89. The van der Waals surface area contributed by atoms with E-state index in [4.69, 9.17) is 4.42 Å². The van der Waals surface area contributed by atoms with Crippen LogP contribution in [0.15, 0.2) is 41.0 Å². The van der Waals surface area contributed by atoms with E-state index in [9.17, 15) is 0 Å². The number of furan rings is 1.